The van der Waals surface area contributed by atoms with E-state index in [2.05, 4.69) is 49.3 Å². The van der Waals surface area contributed by atoms with Crippen LogP contribution in [0.2, 0.25) is 0 Å². The molecule has 1 aliphatic carbocycles. The van der Waals surface area contributed by atoms with Crippen LogP contribution in [-0.2, 0) is 10.2 Å². The molecular formula is C18H22N2O2. The third kappa shape index (κ3) is 2.22. The first-order valence-corrected chi connectivity index (χ1v) is 7.95. The van der Waals surface area contributed by atoms with Gasteiger partial charge in [-0.05, 0) is 29.2 Å². The van der Waals surface area contributed by atoms with Crippen LogP contribution in [0.5, 0.6) is 0 Å². The number of carbonyl (C=O) groups excluding carboxylic acids is 1. The van der Waals surface area contributed by atoms with Crippen molar-refractivity contribution >= 4 is 16.8 Å². The number of nitrogens with one attached hydrogen (secondary N) is 2. The number of benzene rings is 1. The van der Waals surface area contributed by atoms with Crippen molar-refractivity contribution < 1.29 is 9.53 Å². The van der Waals surface area contributed by atoms with Crippen molar-refractivity contribution in [3.63, 3.8) is 0 Å². The van der Waals surface area contributed by atoms with Crippen molar-refractivity contribution in [2.75, 3.05) is 13.2 Å². The van der Waals surface area contributed by atoms with E-state index in [9.17, 15) is 4.79 Å². The summed E-state index contributed by atoms with van der Waals surface area (Å²) in [6, 6.07) is 8.62. The molecule has 1 aromatic heterocycles. The highest BCUT2D eigenvalue weighted by molar-refractivity contribution is 5.98. The second-order valence-corrected chi connectivity index (χ2v) is 7.60. The fourth-order valence-corrected chi connectivity index (χ4v) is 3.40. The van der Waals surface area contributed by atoms with Gasteiger partial charge in [-0.3, -0.25) is 4.79 Å². The number of H-pyrrole nitrogens is 1. The number of aromatic nitrogens is 1. The Bertz CT molecular complexity index is 731. The largest absolute Gasteiger partial charge is 0.381 e. The molecule has 1 unspecified atom stereocenters. The number of rotatable bonds is 2. The summed E-state index contributed by atoms with van der Waals surface area (Å²) in [6.45, 7) is 8.17. The van der Waals surface area contributed by atoms with E-state index in [0.717, 1.165) is 24.1 Å². The highest BCUT2D eigenvalue weighted by atomic mass is 16.5. The molecule has 2 fully saturated rings. The van der Waals surface area contributed by atoms with E-state index in [1.807, 2.05) is 6.07 Å². The van der Waals surface area contributed by atoms with Crippen LogP contribution in [0, 0.1) is 11.8 Å². The van der Waals surface area contributed by atoms with Gasteiger partial charge in [0.15, 0.2) is 0 Å². The highest BCUT2D eigenvalue weighted by Crippen LogP contribution is 2.44. The molecule has 2 heterocycles. The zero-order chi connectivity index (χ0) is 15.5. The number of amides is 1. The number of ether oxygens (including phenoxy) is 1. The van der Waals surface area contributed by atoms with Crippen LogP contribution in [0.4, 0.5) is 0 Å². The quantitative estimate of drug-likeness (QED) is 0.896. The number of carbonyl (C=O) groups is 1. The second kappa shape index (κ2) is 4.59. The number of hydrogen-bond acceptors (Lipinski definition) is 2. The van der Waals surface area contributed by atoms with Crippen LogP contribution in [0.1, 0.15) is 36.8 Å². The first-order valence-electron chi connectivity index (χ1n) is 7.95. The van der Waals surface area contributed by atoms with Gasteiger partial charge in [0.25, 0.3) is 5.91 Å². The van der Waals surface area contributed by atoms with Gasteiger partial charge in [-0.2, -0.15) is 0 Å². The summed E-state index contributed by atoms with van der Waals surface area (Å²) in [5, 5.41) is 4.22. The van der Waals surface area contributed by atoms with E-state index in [-0.39, 0.29) is 11.3 Å². The predicted octanol–water partition coefficient (Wildman–Crippen LogP) is 2.84. The maximum absolute atomic E-state index is 12.4. The van der Waals surface area contributed by atoms with E-state index < -0.39 is 0 Å². The van der Waals surface area contributed by atoms with Crippen molar-refractivity contribution in [2.45, 2.75) is 32.2 Å². The van der Waals surface area contributed by atoms with E-state index in [4.69, 9.17) is 4.74 Å². The molecule has 0 radical (unpaired) electrons. The van der Waals surface area contributed by atoms with Gasteiger partial charge in [0.2, 0.25) is 0 Å². The average Bonchev–Trinajstić information content (AvgIpc) is 2.88. The zero-order valence-corrected chi connectivity index (χ0v) is 13.3. The van der Waals surface area contributed by atoms with Gasteiger partial charge in [0, 0.05) is 28.8 Å². The fourth-order valence-electron chi connectivity index (χ4n) is 3.40. The van der Waals surface area contributed by atoms with Crippen molar-refractivity contribution in [3.05, 3.63) is 35.5 Å². The van der Waals surface area contributed by atoms with Crippen LogP contribution in [0.3, 0.4) is 0 Å². The molecule has 4 rings (SSSR count). The first kappa shape index (κ1) is 13.8. The summed E-state index contributed by atoms with van der Waals surface area (Å²) in [5.74, 6) is 1.05. The molecule has 1 aliphatic heterocycles. The van der Waals surface area contributed by atoms with Crippen LogP contribution >= 0.6 is 0 Å². The summed E-state index contributed by atoms with van der Waals surface area (Å²) >= 11 is 0. The van der Waals surface area contributed by atoms with Gasteiger partial charge in [0.05, 0.1) is 13.2 Å². The summed E-state index contributed by atoms with van der Waals surface area (Å²) in [5.41, 5.74) is 3.04. The van der Waals surface area contributed by atoms with Crippen LogP contribution in [-0.4, -0.2) is 30.1 Å². The molecule has 2 N–H and O–H groups in total. The molecule has 4 nitrogen and oxygen atoms in total. The topological polar surface area (TPSA) is 54.1 Å². The molecule has 116 valence electrons. The van der Waals surface area contributed by atoms with Crippen molar-refractivity contribution in [1.82, 2.24) is 10.3 Å². The molecule has 4 heteroatoms. The van der Waals surface area contributed by atoms with Gasteiger partial charge in [-0.15, -0.1) is 0 Å². The zero-order valence-electron chi connectivity index (χ0n) is 13.3. The van der Waals surface area contributed by atoms with Gasteiger partial charge in [0.1, 0.15) is 5.69 Å². The molecule has 1 saturated heterocycles. The number of fused-ring (bicyclic) bond motifs is 2. The van der Waals surface area contributed by atoms with Gasteiger partial charge >= 0.3 is 0 Å². The van der Waals surface area contributed by atoms with E-state index in [0.29, 0.717) is 23.6 Å². The van der Waals surface area contributed by atoms with Gasteiger partial charge in [-0.25, -0.2) is 0 Å². The number of hydrogen-bond donors (Lipinski definition) is 2. The normalized spacial score (nSPS) is 27.0. The Morgan fingerprint density at radius 1 is 1.23 bits per heavy atom. The molecule has 22 heavy (non-hydrogen) atoms. The lowest BCUT2D eigenvalue weighted by molar-refractivity contribution is 0.0925. The number of aromatic amines is 1. The summed E-state index contributed by atoms with van der Waals surface area (Å²) < 4.78 is 5.36. The monoisotopic (exact) mass is 298 g/mol. The minimum atomic E-state index is -0.00657. The molecule has 0 bridgehead atoms. The Morgan fingerprint density at radius 2 is 1.95 bits per heavy atom. The van der Waals surface area contributed by atoms with Crippen LogP contribution in [0.15, 0.2) is 24.3 Å². The maximum Gasteiger partial charge on any atom is 0.267 e. The Labute approximate surface area is 130 Å². The third-order valence-corrected chi connectivity index (χ3v) is 4.98. The first-order chi connectivity index (χ1) is 10.4. The summed E-state index contributed by atoms with van der Waals surface area (Å²) in [6.07, 6.45) is 0. The van der Waals surface area contributed by atoms with Crippen molar-refractivity contribution in [1.29, 1.82) is 0 Å². The Balaban J connectivity index is 1.55. The summed E-state index contributed by atoms with van der Waals surface area (Å²) in [7, 11) is 0. The molecule has 1 amide bonds. The Morgan fingerprint density at radius 3 is 2.64 bits per heavy atom. The maximum atomic E-state index is 12.4. The Hall–Kier alpha value is -1.81. The minimum absolute atomic E-state index is 0.00657. The molecule has 1 saturated carbocycles. The SMILES string of the molecule is CC(C)(C)c1ccc2[nH]c(C(=O)NC3[C@H]4COC[C@@H]34)cc2c1. The smallest absolute Gasteiger partial charge is 0.267 e. The highest BCUT2D eigenvalue weighted by Gasteiger charge is 2.54. The lowest BCUT2D eigenvalue weighted by Gasteiger charge is -2.18. The van der Waals surface area contributed by atoms with Crippen LogP contribution < -0.4 is 5.32 Å². The van der Waals surface area contributed by atoms with Crippen molar-refractivity contribution in [3.8, 4) is 0 Å². The molecular weight excluding hydrogens is 276 g/mol. The molecule has 3 atom stereocenters. The minimum Gasteiger partial charge on any atom is -0.381 e. The third-order valence-electron chi connectivity index (χ3n) is 4.98. The average molecular weight is 298 g/mol. The summed E-state index contributed by atoms with van der Waals surface area (Å²) in [4.78, 5) is 15.6. The standard InChI is InChI=1S/C18H22N2O2/c1-18(2,3)11-4-5-14-10(6-11)7-15(19-14)17(21)20-16-12-8-22-9-13(12)16/h4-7,12-13,16,19H,8-9H2,1-3H3,(H,20,21)/t12-,13+,16?. The van der Waals surface area contributed by atoms with Crippen molar-refractivity contribution in [2.24, 2.45) is 11.8 Å². The second-order valence-electron chi connectivity index (χ2n) is 7.60. The lowest BCUT2D eigenvalue weighted by atomic mass is 9.86. The van der Waals surface area contributed by atoms with E-state index in [1.165, 1.54) is 5.56 Å². The molecule has 2 aromatic rings. The van der Waals surface area contributed by atoms with E-state index in [1.54, 1.807) is 0 Å². The Kier molecular flexibility index (Phi) is 2.89. The lowest BCUT2D eigenvalue weighted by Crippen LogP contribution is -2.30. The van der Waals surface area contributed by atoms with E-state index >= 15 is 0 Å². The molecule has 2 aliphatic rings. The van der Waals surface area contributed by atoms with Gasteiger partial charge in [-0.1, -0.05) is 26.8 Å². The molecule has 0 spiro atoms. The predicted molar refractivity (Wildman–Crippen MR) is 86.1 cm³/mol. The van der Waals surface area contributed by atoms with Crippen LogP contribution in [0.25, 0.3) is 10.9 Å². The van der Waals surface area contributed by atoms with Gasteiger partial charge < -0.3 is 15.0 Å². The molecule has 1 aromatic carbocycles. The fraction of sp³-hybridized carbons (Fsp3) is 0.500.